The summed E-state index contributed by atoms with van der Waals surface area (Å²) in [4.78, 5) is 29.4. The van der Waals surface area contributed by atoms with Crippen LogP contribution >= 0.6 is 0 Å². The normalized spacial score (nSPS) is 26.2. The van der Waals surface area contributed by atoms with Crippen molar-refractivity contribution in [2.45, 2.75) is 57.4 Å². The molecular formula is C19H26F3N5O2. The lowest BCUT2D eigenvalue weighted by Crippen LogP contribution is -2.43. The zero-order chi connectivity index (χ0) is 21.2. The number of urea groups is 1. The number of nitrogens with two attached hydrogens (primary N) is 1. The number of nitrogens with one attached hydrogen (secondary N) is 2. The van der Waals surface area contributed by atoms with Crippen LogP contribution in [0.3, 0.4) is 0 Å². The van der Waals surface area contributed by atoms with Crippen LogP contribution in [0.25, 0.3) is 0 Å². The van der Waals surface area contributed by atoms with Gasteiger partial charge in [0.15, 0.2) is 0 Å². The van der Waals surface area contributed by atoms with Crippen molar-refractivity contribution < 1.29 is 22.8 Å². The van der Waals surface area contributed by atoms with Crippen molar-refractivity contribution in [1.29, 1.82) is 0 Å². The van der Waals surface area contributed by atoms with E-state index in [9.17, 15) is 22.8 Å². The van der Waals surface area contributed by atoms with Crippen LogP contribution in [0.2, 0.25) is 0 Å². The summed E-state index contributed by atoms with van der Waals surface area (Å²) in [6.07, 6.45) is 2.34. The van der Waals surface area contributed by atoms with Gasteiger partial charge in [0.2, 0.25) is 5.91 Å². The van der Waals surface area contributed by atoms with Gasteiger partial charge in [-0.2, -0.15) is 13.2 Å². The highest BCUT2D eigenvalue weighted by atomic mass is 19.4. The van der Waals surface area contributed by atoms with E-state index >= 15 is 0 Å². The van der Waals surface area contributed by atoms with E-state index in [0.717, 1.165) is 30.6 Å². The molecule has 2 heterocycles. The van der Waals surface area contributed by atoms with Crippen molar-refractivity contribution in [3.8, 4) is 0 Å². The maximum absolute atomic E-state index is 12.8. The summed E-state index contributed by atoms with van der Waals surface area (Å²) in [6.45, 7) is 1.68. The Morgan fingerprint density at radius 2 is 2.03 bits per heavy atom. The Balaban J connectivity index is 1.58. The quantitative estimate of drug-likeness (QED) is 0.691. The van der Waals surface area contributed by atoms with Gasteiger partial charge in [-0.3, -0.25) is 9.78 Å². The van der Waals surface area contributed by atoms with Gasteiger partial charge < -0.3 is 21.3 Å². The van der Waals surface area contributed by atoms with Crippen LogP contribution in [-0.2, 0) is 11.3 Å². The molecule has 29 heavy (non-hydrogen) atoms. The SMILES string of the molecule is CC1CCC(C(N)C(=O)Nc2cncc(CN3C[C@@H](C(F)(F)F)NC3=O)c2)CC1. The van der Waals surface area contributed by atoms with Crippen LogP contribution in [0.15, 0.2) is 18.5 Å². The maximum Gasteiger partial charge on any atom is 0.410 e. The van der Waals surface area contributed by atoms with Crippen LogP contribution < -0.4 is 16.4 Å². The summed E-state index contributed by atoms with van der Waals surface area (Å²) in [5.41, 5.74) is 7.05. The topological polar surface area (TPSA) is 100 Å². The number of hydrogen-bond acceptors (Lipinski definition) is 4. The van der Waals surface area contributed by atoms with Gasteiger partial charge in [0.25, 0.3) is 0 Å². The molecule has 0 radical (unpaired) electrons. The highest BCUT2D eigenvalue weighted by Crippen LogP contribution is 2.30. The number of carbonyl (C=O) groups excluding carboxylic acids is 2. The largest absolute Gasteiger partial charge is 0.410 e. The van der Waals surface area contributed by atoms with E-state index in [0.29, 0.717) is 17.2 Å². The fourth-order valence-corrected chi connectivity index (χ4v) is 3.86. The van der Waals surface area contributed by atoms with Crippen LogP contribution in [0, 0.1) is 11.8 Å². The van der Waals surface area contributed by atoms with Gasteiger partial charge in [-0.05, 0) is 36.3 Å². The second kappa shape index (κ2) is 8.56. The molecule has 0 aromatic carbocycles. The number of nitrogens with zero attached hydrogens (tertiary/aromatic N) is 2. The molecule has 0 spiro atoms. The summed E-state index contributed by atoms with van der Waals surface area (Å²) in [7, 11) is 0. The van der Waals surface area contributed by atoms with E-state index in [4.69, 9.17) is 5.73 Å². The van der Waals surface area contributed by atoms with Gasteiger partial charge in [-0.25, -0.2) is 4.79 Å². The minimum Gasteiger partial charge on any atom is -0.324 e. The molecular weight excluding hydrogens is 387 g/mol. The van der Waals surface area contributed by atoms with Gasteiger partial charge >= 0.3 is 12.2 Å². The lowest BCUT2D eigenvalue weighted by Gasteiger charge is -2.29. The summed E-state index contributed by atoms with van der Waals surface area (Å²) < 4.78 is 38.4. The lowest BCUT2D eigenvalue weighted by atomic mass is 9.79. The summed E-state index contributed by atoms with van der Waals surface area (Å²) in [6, 6.07) is -1.70. The van der Waals surface area contributed by atoms with E-state index in [1.165, 1.54) is 12.4 Å². The first kappa shape index (κ1) is 21.4. The third-order valence-electron chi connectivity index (χ3n) is 5.69. The lowest BCUT2D eigenvalue weighted by molar-refractivity contribution is -0.149. The predicted octanol–water partition coefficient (Wildman–Crippen LogP) is 2.63. The average Bonchev–Trinajstić information content (AvgIpc) is 3.03. The maximum atomic E-state index is 12.8. The fourth-order valence-electron chi connectivity index (χ4n) is 3.86. The summed E-state index contributed by atoms with van der Waals surface area (Å²) in [5.74, 6) is 0.483. The van der Waals surface area contributed by atoms with E-state index < -0.39 is 30.8 Å². The molecule has 3 rings (SSSR count). The molecule has 1 saturated carbocycles. The van der Waals surface area contributed by atoms with Crippen molar-refractivity contribution in [3.05, 3.63) is 24.0 Å². The van der Waals surface area contributed by atoms with Crippen molar-refractivity contribution >= 4 is 17.6 Å². The van der Waals surface area contributed by atoms with Gasteiger partial charge in [-0.15, -0.1) is 0 Å². The molecule has 1 saturated heterocycles. The Hall–Kier alpha value is -2.36. The van der Waals surface area contributed by atoms with Crippen molar-refractivity contribution in [2.24, 2.45) is 17.6 Å². The number of rotatable bonds is 5. The molecule has 1 aliphatic heterocycles. The Kier molecular flexibility index (Phi) is 6.30. The molecule has 7 nitrogen and oxygen atoms in total. The van der Waals surface area contributed by atoms with Crippen molar-refractivity contribution in [2.75, 3.05) is 11.9 Å². The predicted molar refractivity (Wildman–Crippen MR) is 101 cm³/mol. The number of anilines is 1. The third-order valence-corrected chi connectivity index (χ3v) is 5.69. The Morgan fingerprint density at radius 1 is 1.34 bits per heavy atom. The third kappa shape index (κ3) is 5.37. The Labute approximate surface area is 167 Å². The monoisotopic (exact) mass is 413 g/mol. The first-order chi connectivity index (χ1) is 13.6. The number of halogens is 3. The number of alkyl halides is 3. The Morgan fingerprint density at radius 3 is 2.66 bits per heavy atom. The second-order valence-electron chi connectivity index (χ2n) is 8.04. The van der Waals surface area contributed by atoms with Gasteiger partial charge in [-0.1, -0.05) is 19.8 Å². The number of amides is 3. The number of carbonyl (C=O) groups is 2. The standard InChI is InChI=1S/C19H26F3N5O2/c1-11-2-4-13(5-3-11)16(23)17(28)25-14-6-12(7-24-8-14)9-27-10-15(19(20,21)22)26-18(27)29/h6-8,11,13,15-16H,2-5,9-10,23H2,1H3,(H,25,28)(H,26,29)/t11?,13?,15-,16?/m0/s1. The first-order valence-electron chi connectivity index (χ1n) is 9.76. The van der Waals surface area contributed by atoms with E-state index in [1.54, 1.807) is 6.07 Å². The molecule has 1 aromatic rings. The molecule has 1 unspecified atom stereocenters. The average molecular weight is 413 g/mol. The minimum absolute atomic E-state index is 0.0400. The molecule has 0 bridgehead atoms. The molecule has 2 atom stereocenters. The zero-order valence-electron chi connectivity index (χ0n) is 16.2. The molecule has 3 amide bonds. The number of aromatic nitrogens is 1. The van der Waals surface area contributed by atoms with Crippen LogP contribution in [0.1, 0.15) is 38.2 Å². The van der Waals surface area contributed by atoms with Gasteiger partial charge in [0.1, 0.15) is 6.04 Å². The van der Waals surface area contributed by atoms with Gasteiger partial charge in [0, 0.05) is 12.7 Å². The molecule has 2 fully saturated rings. The second-order valence-corrected chi connectivity index (χ2v) is 8.04. The van der Waals surface area contributed by atoms with E-state index in [1.807, 2.05) is 5.32 Å². The van der Waals surface area contributed by atoms with E-state index in [2.05, 4.69) is 17.2 Å². The zero-order valence-corrected chi connectivity index (χ0v) is 16.2. The van der Waals surface area contributed by atoms with Crippen LogP contribution in [0.5, 0.6) is 0 Å². The van der Waals surface area contributed by atoms with Gasteiger partial charge in [0.05, 0.1) is 24.5 Å². The molecule has 1 aromatic heterocycles. The highest BCUT2D eigenvalue weighted by molar-refractivity contribution is 5.94. The first-order valence-corrected chi connectivity index (χ1v) is 9.76. The van der Waals surface area contributed by atoms with Crippen molar-refractivity contribution in [3.63, 3.8) is 0 Å². The summed E-state index contributed by atoms with van der Waals surface area (Å²) in [5, 5.41) is 4.65. The van der Waals surface area contributed by atoms with Crippen LogP contribution in [0.4, 0.5) is 23.7 Å². The highest BCUT2D eigenvalue weighted by Gasteiger charge is 2.46. The number of pyridine rings is 1. The molecule has 2 aliphatic rings. The molecule has 4 N–H and O–H groups in total. The Bertz CT molecular complexity index is 750. The molecule has 160 valence electrons. The van der Waals surface area contributed by atoms with E-state index in [-0.39, 0.29) is 18.4 Å². The summed E-state index contributed by atoms with van der Waals surface area (Å²) >= 11 is 0. The minimum atomic E-state index is -4.49. The number of hydrogen-bond donors (Lipinski definition) is 3. The molecule has 10 heteroatoms. The molecule has 1 aliphatic carbocycles. The van der Waals surface area contributed by atoms with Crippen LogP contribution in [-0.4, -0.2) is 46.6 Å². The smallest absolute Gasteiger partial charge is 0.324 e. The fraction of sp³-hybridized carbons (Fsp3) is 0.632. The van der Waals surface area contributed by atoms with Crippen molar-refractivity contribution in [1.82, 2.24) is 15.2 Å².